The number of phenols is 1. The summed E-state index contributed by atoms with van der Waals surface area (Å²) >= 11 is 11.5. The number of benzene rings is 1. The molecule has 1 aromatic carbocycles. The summed E-state index contributed by atoms with van der Waals surface area (Å²) in [6.45, 7) is 0. The van der Waals surface area contributed by atoms with Crippen LogP contribution in [0.1, 0.15) is 10.4 Å². The molecule has 1 aromatic heterocycles. The third-order valence-electron chi connectivity index (χ3n) is 2.29. The number of hydrogen-bond donors (Lipinski definition) is 2. The zero-order valence-corrected chi connectivity index (χ0v) is 10.8. The van der Waals surface area contributed by atoms with Gasteiger partial charge in [0.05, 0.1) is 22.5 Å². The molecule has 1 heterocycles. The van der Waals surface area contributed by atoms with Crippen molar-refractivity contribution in [1.29, 1.82) is 0 Å². The number of amides is 1. The van der Waals surface area contributed by atoms with Gasteiger partial charge in [-0.25, -0.2) is 4.39 Å². The van der Waals surface area contributed by atoms with Crippen molar-refractivity contribution >= 4 is 34.8 Å². The summed E-state index contributed by atoms with van der Waals surface area (Å²) in [6, 6.07) is 3.84. The lowest BCUT2D eigenvalue weighted by molar-refractivity contribution is 0.102. The number of anilines is 1. The lowest BCUT2D eigenvalue weighted by Gasteiger charge is -2.09. The Morgan fingerprint density at radius 3 is 2.79 bits per heavy atom. The number of aromatic nitrogens is 1. The van der Waals surface area contributed by atoms with Gasteiger partial charge in [0.25, 0.3) is 5.91 Å². The molecule has 0 aliphatic rings. The van der Waals surface area contributed by atoms with E-state index in [-0.39, 0.29) is 27.0 Å². The first kappa shape index (κ1) is 13.6. The fourth-order valence-corrected chi connectivity index (χ4v) is 1.90. The molecule has 0 atom stereocenters. The van der Waals surface area contributed by atoms with Crippen LogP contribution < -0.4 is 5.32 Å². The Kier molecular flexibility index (Phi) is 3.87. The molecule has 0 aliphatic carbocycles. The number of halogens is 3. The summed E-state index contributed by atoms with van der Waals surface area (Å²) in [6.07, 6.45) is 2.20. The topological polar surface area (TPSA) is 62.2 Å². The lowest BCUT2D eigenvalue weighted by Crippen LogP contribution is -2.14. The maximum absolute atomic E-state index is 13.4. The second kappa shape index (κ2) is 5.42. The maximum Gasteiger partial charge on any atom is 0.258 e. The van der Waals surface area contributed by atoms with Gasteiger partial charge >= 0.3 is 0 Å². The SMILES string of the molecule is O=C(Nc1cc(Cl)cc(Cl)c1O)c1ccncc1F. The predicted octanol–water partition coefficient (Wildman–Crippen LogP) is 3.49. The average molecular weight is 301 g/mol. The van der Waals surface area contributed by atoms with Gasteiger partial charge in [-0.3, -0.25) is 9.78 Å². The molecule has 0 saturated heterocycles. The monoisotopic (exact) mass is 300 g/mol. The summed E-state index contributed by atoms with van der Waals surface area (Å²) in [5, 5.41) is 12.2. The molecule has 2 N–H and O–H groups in total. The molecule has 0 saturated carbocycles. The lowest BCUT2D eigenvalue weighted by atomic mass is 10.2. The highest BCUT2D eigenvalue weighted by molar-refractivity contribution is 6.36. The van der Waals surface area contributed by atoms with E-state index < -0.39 is 11.7 Å². The number of phenolic OH excluding ortho intramolecular Hbond substituents is 1. The predicted molar refractivity (Wildman–Crippen MR) is 70.3 cm³/mol. The number of nitrogens with zero attached hydrogens (tertiary/aromatic N) is 1. The first-order valence-electron chi connectivity index (χ1n) is 5.08. The smallest absolute Gasteiger partial charge is 0.258 e. The van der Waals surface area contributed by atoms with Crippen molar-refractivity contribution in [3.63, 3.8) is 0 Å². The number of pyridine rings is 1. The minimum atomic E-state index is -0.771. The molecule has 2 rings (SSSR count). The van der Waals surface area contributed by atoms with Crippen LogP contribution >= 0.6 is 23.2 Å². The molecule has 0 radical (unpaired) electrons. The number of nitrogens with one attached hydrogen (secondary N) is 1. The van der Waals surface area contributed by atoms with Crippen molar-refractivity contribution in [2.45, 2.75) is 0 Å². The first-order chi connectivity index (χ1) is 8.99. The molecule has 0 aliphatic heterocycles. The van der Waals surface area contributed by atoms with Crippen LogP contribution in [0, 0.1) is 5.82 Å². The number of aromatic hydroxyl groups is 1. The minimum Gasteiger partial charge on any atom is -0.504 e. The summed E-state index contributed by atoms with van der Waals surface area (Å²) in [5.74, 6) is -1.85. The van der Waals surface area contributed by atoms with Crippen LogP contribution in [-0.2, 0) is 0 Å². The van der Waals surface area contributed by atoms with Gasteiger partial charge < -0.3 is 10.4 Å². The van der Waals surface area contributed by atoms with Crippen LogP contribution in [0.25, 0.3) is 0 Å². The van der Waals surface area contributed by atoms with Crippen LogP contribution in [-0.4, -0.2) is 16.0 Å². The first-order valence-corrected chi connectivity index (χ1v) is 5.83. The Bertz CT molecular complexity index is 650. The second-order valence-corrected chi connectivity index (χ2v) is 4.44. The van der Waals surface area contributed by atoms with Gasteiger partial charge in [-0.05, 0) is 18.2 Å². The molecule has 2 aromatic rings. The van der Waals surface area contributed by atoms with Gasteiger partial charge in [-0.15, -0.1) is 0 Å². The van der Waals surface area contributed by atoms with E-state index in [4.69, 9.17) is 23.2 Å². The van der Waals surface area contributed by atoms with Crippen molar-refractivity contribution in [1.82, 2.24) is 4.98 Å². The summed E-state index contributed by atoms with van der Waals surface area (Å²) < 4.78 is 13.4. The maximum atomic E-state index is 13.4. The van der Waals surface area contributed by atoms with E-state index in [0.717, 1.165) is 6.20 Å². The fourth-order valence-electron chi connectivity index (χ4n) is 1.41. The Balaban J connectivity index is 2.32. The van der Waals surface area contributed by atoms with E-state index in [1.165, 1.54) is 24.4 Å². The minimum absolute atomic E-state index is 0.00119. The molecular formula is C12H7Cl2FN2O2. The second-order valence-electron chi connectivity index (χ2n) is 3.59. The Hall–Kier alpha value is -1.85. The largest absolute Gasteiger partial charge is 0.504 e. The van der Waals surface area contributed by atoms with E-state index in [9.17, 15) is 14.3 Å². The van der Waals surface area contributed by atoms with Crippen molar-refractivity contribution in [3.8, 4) is 5.75 Å². The van der Waals surface area contributed by atoms with Gasteiger partial charge in [0.15, 0.2) is 11.6 Å². The van der Waals surface area contributed by atoms with Crippen molar-refractivity contribution in [3.05, 3.63) is 52.0 Å². The van der Waals surface area contributed by atoms with Crippen molar-refractivity contribution in [2.24, 2.45) is 0 Å². The molecular weight excluding hydrogens is 294 g/mol. The van der Waals surface area contributed by atoms with Gasteiger partial charge in [0.2, 0.25) is 0 Å². The van der Waals surface area contributed by atoms with E-state index >= 15 is 0 Å². The molecule has 7 heteroatoms. The van der Waals surface area contributed by atoms with Gasteiger partial charge in [0, 0.05) is 11.2 Å². The standard InChI is InChI=1S/C12H7Cl2FN2O2/c13-6-3-8(14)11(18)10(4-6)17-12(19)7-1-2-16-5-9(7)15/h1-5,18H,(H,17,19). The van der Waals surface area contributed by atoms with Gasteiger partial charge in [-0.2, -0.15) is 0 Å². The van der Waals surface area contributed by atoms with Crippen LogP contribution in [0.5, 0.6) is 5.75 Å². The molecule has 4 nitrogen and oxygen atoms in total. The van der Waals surface area contributed by atoms with Crippen LogP contribution in [0.4, 0.5) is 10.1 Å². The molecule has 0 fully saturated rings. The zero-order chi connectivity index (χ0) is 14.0. The quantitative estimate of drug-likeness (QED) is 0.835. The normalized spacial score (nSPS) is 10.3. The Labute approximate surface area is 117 Å². The molecule has 1 amide bonds. The summed E-state index contributed by atoms with van der Waals surface area (Å²) in [7, 11) is 0. The van der Waals surface area contributed by atoms with E-state index in [0.29, 0.717) is 0 Å². The number of carbonyl (C=O) groups is 1. The highest BCUT2D eigenvalue weighted by Gasteiger charge is 2.15. The molecule has 19 heavy (non-hydrogen) atoms. The van der Waals surface area contributed by atoms with E-state index in [2.05, 4.69) is 10.3 Å². The molecule has 0 spiro atoms. The van der Waals surface area contributed by atoms with Crippen LogP contribution in [0.3, 0.4) is 0 Å². The van der Waals surface area contributed by atoms with E-state index in [1.54, 1.807) is 0 Å². The summed E-state index contributed by atoms with van der Waals surface area (Å²) in [5.41, 5.74) is -0.204. The third-order valence-corrected chi connectivity index (χ3v) is 2.80. The molecule has 98 valence electrons. The van der Waals surface area contributed by atoms with Gasteiger partial charge in [-0.1, -0.05) is 23.2 Å². The highest BCUT2D eigenvalue weighted by atomic mass is 35.5. The van der Waals surface area contributed by atoms with Gasteiger partial charge in [0.1, 0.15) is 0 Å². The van der Waals surface area contributed by atoms with Crippen molar-refractivity contribution in [2.75, 3.05) is 5.32 Å². The Morgan fingerprint density at radius 1 is 1.37 bits per heavy atom. The van der Waals surface area contributed by atoms with Crippen molar-refractivity contribution < 1.29 is 14.3 Å². The number of hydrogen-bond acceptors (Lipinski definition) is 3. The third kappa shape index (κ3) is 2.94. The van der Waals surface area contributed by atoms with Crippen LogP contribution in [0.2, 0.25) is 10.0 Å². The average Bonchev–Trinajstić information content (AvgIpc) is 2.35. The Morgan fingerprint density at radius 2 is 2.11 bits per heavy atom. The molecule has 0 bridgehead atoms. The van der Waals surface area contributed by atoms with E-state index in [1.807, 2.05) is 0 Å². The zero-order valence-electron chi connectivity index (χ0n) is 9.32. The fraction of sp³-hybridized carbons (Fsp3) is 0. The highest BCUT2D eigenvalue weighted by Crippen LogP contribution is 2.35. The van der Waals surface area contributed by atoms with Crippen LogP contribution in [0.15, 0.2) is 30.6 Å². The molecule has 0 unspecified atom stereocenters. The summed E-state index contributed by atoms with van der Waals surface area (Å²) in [4.78, 5) is 15.4. The number of carbonyl (C=O) groups excluding carboxylic acids is 1. The number of rotatable bonds is 2.